The van der Waals surface area contributed by atoms with Gasteiger partial charge in [0.05, 0.1) is 20.4 Å². The molecule has 0 bridgehead atoms. The number of rotatable bonds is 6. The van der Waals surface area contributed by atoms with E-state index in [9.17, 15) is 9.59 Å². The second-order valence-electron chi connectivity index (χ2n) is 5.68. The topological polar surface area (TPSA) is 107 Å². The number of carbonyl (C=O) groups is 2. The standard InChI is InChI=1S/C19H19N3O6/c1-25-14-5-3-13(7-16(14)26-2)10-21-22-19(24)18(23)20-9-12-4-6-15-17(8-12)28-11-27-15/h3-8,10H,9,11H2,1-2H3,(H,20,23)(H,22,24)/b21-10-. The van der Waals surface area contributed by atoms with E-state index in [-0.39, 0.29) is 13.3 Å². The van der Waals surface area contributed by atoms with E-state index in [1.54, 1.807) is 36.4 Å². The molecule has 2 aromatic carbocycles. The molecule has 3 rings (SSSR count). The van der Waals surface area contributed by atoms with E-state index in [1.807, 2.05) is 0 Å². The van der Waals surface area contributed by atoms with Crippen LogP contribution >= 0.6 is 0 Å². The van der Waals surface area contributed by atoms with Crippen LogP contribution in [0.25, 0.3) is 0 Å². The number of ether oxygens (including phenoxy) is 4. The minimum atomic E-state index is -0.877. The number of benzene rings is 2. The van der Waals surface area contributed by atoms with Crippen molar-refractivity contribution in [2.45, 2.75) is 6.54 Å². The molecule has 1 heterocycles. The minimum Gasteiger partial charge on any atom is -0.493 e. The molecule has 9 heteroatoms. The summed E-state index contributed by atoms with van der Waals surface area (Å²) in [5.74, 6) is 0.679. The fourth-order valence-corrected chi connectivity index (χ4v) is 2.46. The fourth-order valence-electron chi connectivity index (χ4n) is 2.46. The van der Waals surface area contributed by atoms with Crippen LogP contribution in [0, 0.1) is 0 Å². The Morgan fingerprint density at radius 1 is 1.04 bits per heavy atom. The first kappa shape index (κ1) is 19.0. The van der Waals surface area contributed by atoms with E-state index >= 15 is 0 Å². The lowest BCUT2D eigenvalue weighted by atomic mass is 10.2. The van der Waals surface area contributed by atoms with Gasteiger partial charge in [-0.2, -0.15) is 5.10 Å². The Hall–Kier alpha value is -3.75. The van der Waals surface area contributed by atoms with Crippen LogP contribution in [0.15, 0.2) is 41.5 Å². The zero-order valence-electron chi connectivity index (χ0n) is 15.4. The van der Waals surface area contributed by atoms with E-state index in [0.29, 0.717) is 28.6 Å². The zero-order chi connectivity index (χ0) is 19.9. The predicted octanol–water partition coefficient (Wildman–Crippen LogP) is 1.20. The Balaban J connectivity index is 1.50. The summed E-state index contributed by atoms with van der Waals surface area (Å²) in [6.45, 7) is 0.341. The molecule has 0 fully saturated rings. The van der Waals surface area contributed by atoms with Gasteiger partial charge in [0.1, 0.15) is 0 Å². The van der Waals surface area contributed by atoms with Crippen LogP contribution in [0.5, 0.6) is 23.0 Å². The lowest BCUT2D eigenvalue weighted by Crippen LogP contribution is -2.37. The Kier molecular flexibility index (Phi) is 5.95. The van der Waals surface area contributed by atoms with Gasteiger partial charge in [0.15, 0.2) is 23.0 Å². The van der Waals surface area contributed by atoms with Crippen molar-refractivity contribution >= 4 is 18.0 Å². The summed E-state index contributed by atoms with van der Waals surface area (Å²) in [4.78, 5) is 23.7. The smallest absolute Gasteiger partial charge is 0.329 e. The second kappa shape index (κ2) is 8.76. The third-order valence-electron chi connectivity index (χ3n) is 3.88. The highest BCUT2D eigenvalue weighted by Crippen LogP contribution is 2.32. The van der Waals surface area contributed by atoms with Gasteiger partial charge in [-0.3, -0.25) is 9.59 Å². The van der Waals surface area contributed by atoms with Gasteiger partial charge in [0.25, 0.3) is 0 Å². The van der Waals surface area contributed by atoms with Crippen molar-refractivity contribution < 1.29 is 28.5 Å². The summed E-state index contributed by atoms with van der Waals surface area (Å²) < 4.78 is 20.8. The number of methoxy groups -OCH3 is 2. The van der Waals surface area contributed by atoms with Crippen molar-refractivity contribution in [2.75, 3.05) is 21.0 Å². The average molecular weight is 385 g/mol. The number of amides is 2. The number of carbonyl (C=O) groups excluding carboxylic acids is 2. The molecular formula is C19H19N3O6. The molecule has 0 unspecified atom stereocenters. The molecule has 146 valence electrons. The minimum absolute atomic E-state index is 0.169. The molecule has 2 aromatic rings. The van der Waals surface area contributed by atoms with Crippen molar-refractivity contribution in [3.05, 3.63) is 47.5 Å². The summed E-state index contributed by atoms with van der Waals surface area (Å²) >= 11 is 0. The van der Waals surface area contributed by atoms with E-state index in [2.05, 4.69) is 15.8 Å². The molecule has 1 aliphatic heterocycles. The lowest BCUT2D eigenvalue weighted by molar-refractivity contribution is -0.139. The van der Waals surface area contributed by atoms with Crippen molar-refractivity contribution in [2.24, 2.45) is 5.10 Å². The van der Waals surface area contributed by atoms with Crippen molar-refractivity contribution in [1.29, 1.82) is 0 Å². The lowest BCUT2D eigenvalue weighted by Gasteiger charge is -2.07. The van der Waals surface area contributed by atoms with Gasteiger partial charge in [-0.05, 0) is 41.5 Å². The maximum atomic E-state index is 11.9. The molecule has 2 N–H and O–H groups in total. The molecular weight excluding hydrogens is 366 g/mol. The van der Waals surface area contributed by atoms with Crippen LogP contribution in [0.1, 0.15) is 11.1 Å². The molecule has 0 aliphatic carbocycles. The number of hydrogen-bond donors (Lipinski definition) is 2. The normalized spacial score (nSPS) is 11.9. The number of hydrogen-bond acceptors (Lipinski definition) is 7. The third-order valence-corrected chi connectivity index (χ3v) is 3.88. The second-order valence-corrected chi connectivity index (χ2v) is 5.68. The highest BCUT2D eigenvalue weighted by Gasteiger charge is 2.15. The fraction of sp³-hybridized carbons (Fsp3) is 0.211. The summed E-state index contributed by atoms with van der Waals surface area (Å²) in [6, 6.07) is 10.4. The van der Waals surface area contributed by atoms with Gasteiger partial charge in [0, 0.05) is 6.54 Å². The van der Waals surface area contributed by atoms with E-state index < -0.39 is 11.8 Å². The average Bonchev–Trinajstić information content (AvgIpc) is 3.19. The quantitative estimate of drug-likeness (QED) is 0.440. The van der Waals surface area contributed by atoms with Crippen LogP contribution in [-0.2, 0) is 16.1 Å². The first-order chi connectivity index (χ1) is 13.6. The summed E-state index contributed by atoms with van der Waals surface area (Å²) in [5, 5.41) is 6.29. The third kappa shape index (κ3) is 4.50. The number of nitrogens with zero attached hydrogens (tertiary/aromatic N) is 1. The molecule has 0 atom stereocenters. The van der Waals surface area contributed by atoms with Crippen LogP contribution in [0.3, 0.4) is 0 Å². The molecule has 28 heavy (non-hydrogen) atoms. The maximum Gasteiger partial charge on any atom is 0.329 e. The molecule has 9 nitrogen and oxygen atoms in total. The maximum absolute atomic E-state index is 11.9. The van der Waals surface area contributed by atoms with Gasteiger partial charge < -0.3 is 24.3 Å². The molecule has 0 saturated heterocycles. The highest BCUT2D eigenvalue weighted by molar-refractivity contribution is 6.35. The largest absolute Gasteiger partial charge is 0.493 e. The Labute approximate surface area is 161 Å². The van der Waals surface area contributed by atoms with Gasteiger partial charge in [-0.25, -0.2) is 5.43 Å². The van der Waals surface area contributed by atoms with Crippen LogP contribution in [0.4, 0.5) is 0 Å². The monoisotopic (exact) mass is 385 g/mol. The van der Waals surface area contributed by atoms with Crippen molar-refractivity contribution in [3.8, 4) is 23.0 Å². The van der Waals surface area contributed by atoms with Crippen LogP contribution < -0.4 is 29.7 Å². The SMILES string of the molecule is COc1ccc(/C=N\NC(=O)C(=O)NCc2ccc3c(c2)OCO3)cc1OC. The van der Waals surface area contributed by atoms with Crippen molar-refractivity contribution in [1.82, 2.24) is 10.7 Å². The van der Waals surface area contributed by atoms with Crippen LogP contribution in [-0.4, -0.2) is 39.0 Å². The Bertz CT molecular complexity index is 913. The first-order valence-corrected chi connectivity index (χ1v) is 8.32. The molecule has 1 aliphatic rings. The molecule has 0 radical (unpaired) electrons. The number of fused-ring (bicyclic) bond motifs is 1. The van der Waals surface area contributed by atoms with Crippen molar-refractivity contribution in [3.63, 3.8) is 0 Å². The predicted molar refractivity (Wildman–Crippen MR) is 99.7 cm³/mol. The zero-order valence-corrected chi connectivity index (χ0v) is 15.4. The number of hydrazone groups is 1. The van der Waals surface area contributed by atoms with E-state index in [1.165, 1.54) is 20.4 Å². The number of nitrogens with one attached hydrogen (secondary N) is 2. The van der Waals surface area contributed by atoms with Gasteiger partial charge in [0.2, 0.25) is 6.79 Å². The van der Waals surface area contributed by atoms with Gasteiger partial charge >= 0.3 is 11.8 Å². The highest BCUT2D eigenvalue weighted by atomic mass is 16.7. The van der Waals surface area contributed by atoms with Crippen LogP contribution in [0.2, 0.25) is 0 Å². The van der Waals surface area contributed by atoms with E-state index in [4.69, 9.17) is 18.9 Å². The molecule has 0 spiro atoms. The summed E-state index contributed by atoms with van der Waals surface area (Å²) in [5.41, 5.74) is 3.62. The van der Waals surface area contributed by atoms with Gasteiger partial charge in [-0.15, -0.1) is 0 Å². The van der Waals surface area contributed by atoms with Gasteiger partial charge in [-0.1, -0.05) is 6.07 Å². The first-order valence-electron chi connectivity index (χ1n) is 8.32. The molecule has 2 amide bonds. The Morgan fingerprint density at radius 3 is 2.61 bits per heavy atom. The Morgan fingerprint density at radius 2 is 1.82 bits per heavy atom. The molecule has 0 aromatic heterocycles. The van der Waals surface area contributed by atoms with E-state index in [0.717, 1.165) is 5.56 Å². The summed E-state index contributed by atoms with van der Waals surface area (Å²) in [7, 11) is 3.05. The molecule has 0 saturated carbocycles. The summed E-state index contributed by atoms with van der Waals surface area (Å²) in [6.07, 6.45) is 1.39.